The van der Waals surface area contributed by atoms with Gasteiger partial charge >= 0.3 is 5.97 Å². The highest BCUT2D eigenvalue weighted by Gasteiger charge is 2.62. The van der Waals surface area contributed by atoms with E-state index in [2.05, 4.69) is 10.3 Å². The predicted octanol–water partition coefficient (Wildman–Crippen LogP) is 1.33. The van der Waals surface area contributed by atoms with Gasteiger partial charge in [-0.3, -0.25) is 9.78 Å². The lowest BCUT2D eigenvalue weighted by molar-refractivity contribution is -0.139. The number of nitrogens with one attached hydrogen (secondary N) is 1. The lowest BCUT2D eigenvalue weighted by Crippen LogP contribution is -2.24. The van der Waals surface area contributed by atoms with Gasteiger partial charge in [0.05, 0.1) is 22.7 Å². The van der Waals surface area contributed by atoms with Gasteiger partial charge in [0.2, 0.25) is 0 Å². The molecular formula is C11H11ClN2O2. The van der Waals surface area contributed by atoms with E-state index in [0.29, 0.717) is 5.02 Å². The van der Waals surface area contributed by atoms with E-state index in [1.807, 2.05) is 0 Å². The molecule has 4 atom stereocenters. The normalized spacial score (nSPS) is 35.8. The summed E-state index contributed by atoms with van der Waals surface area (Å²) in [6, 6.07) is 3.57. The SMILES string of the molecule is O=C(O)C1C2CNC(c3ncccc3Cl)C21. The standard InChI is InChI=1S/C11H11ClN2O2/c12-6-2-1-3-13-9(6)10-7-5(4-14-10)8(7)11(15)16/h1-3,5,7-8,10,14H,4H2,(H,15,16). The van der Waals surface area contributed by atoms with Crippen molar-refractivity contribution in [3.05, 3.63) is 29.0 Å². The quantitative estimate of drug-likeness (QED) is 0.816. The molecule has 1 aliphatic carbocycles. The fraction of sp³-hybridized carbons (Fsp3) is 0.455. The van der Waals surface area contributed by atoms with Gasteiger partial charge in [-0.05, 0) is 30.5 Å². The van der Waals surface area contributed by atoms with Crippen molar-refractivity contribution in [2.24, 2.45) is 17.8 Å². The van der Waals surface area contributed by atoms with Crippen molar-refractivity contribution in [2.75, 3.05) is 6.54 Å². The molecule has 84 valence electrons. The van der Waals surface area contributed by atoms with Gasteiger partial charge in [0.1, 0.15) is 0 Å². The number of aliphatic carboxylic acids is 1. The first-order chi connectivity index (χ1) is 7.70. The summed E-state index contributed by atoms with van der Waals surface area (Å²) in [4.78, 5) is 15.2. The summed E-state index contributed by atoms with van der Waals surface area (Å²) >= 11 is 6.07. The van der Waals surface area contributed by atoms with Gasteiger partial charge in [0.25, 0.3) is 0 Å². The topological polar surface area (TPSA) is 62.2 Å². The maximum atomic E-state index is 11.0. The number of carbonyl (C=O) groups is 1. The van der Waals surface area contributed by atoms with E-state index in [9.17, 15) is 4.79 Å². The van der Waals surface area contributed by atoms with Crippen molar-refractivity contribution < 1.29 is 9.90 Å². The van der Waals surface area contributed by atoms with E-state index in [1.54, 1.807) is 18.3 Å². The number of carboxylic acids is 1. The Labute approximate surface area is 97.6 Å². The van der Waals surface area contributed by atoms with Crippen LogP contribution in [0.15, 0.2) is 18.3 Å². The van der Waals surface area contributed by atoms with E-state index in [1.165, 1.54) is 0 Å². The van der Waals surface area contributed by atoms with Gasteiger partial charge < -0.3 is 10.4 Å². The molecule has 4 unspecified atom stereocenters. The maximum absolute atomic E-state index is 11.0. The fourth-order valence-corrected chi connectivity index (χ4v) is 3.01. The average molecular weight is 239 g/mol. The number of carboxylic acid groups (broad SMARTS) is 1. The molecule has 2 heterocycles. The Morgan fingerprint density at radius 3 is 3.06 bits per heavy atom. The fourth-order valence-electron chi connectivity index (χ4n) is 2.77. The molecule has 2 fully saturated rings. The largest absolute Gasteiger partial charge is 0.481 e. The minimum absolute atomic E-state index is 0.000185. The van der Waals surface area contributed by atoms with Gasteiger partial charge in [-0.2, -0.15) is 0 Å². The Kier molecular flexibility index (Phi) is 2.16. The molecule has 0 amide bonds. The zero-order valence-corrected chi connectivity index (χ0v) is 9.19. The number of hydrogen-bond acceptors (Lipinski definition) is 3. The molecular weight excluding hydrogens is 228 g/mol. The van der Waals surface area contributed by atoms with Crippen LogP contribution in [-0.4, -0.2) is 22.6 Å². The maximum Gasteiger partial charge on any atom is 0.307 e. The lowest BCUT2D eigenvalue weighted by atomic mass is 10.1. The van der Waals surface area contributed by atoms with Gasteiger partial charge in [0, 0.05) is 6.20 Å². The van der Waals surface area contributed by atoms with Crippen LogP contribution < -0.4 is 5.32 Å². The zero-order chi connectivity index (χ0) is 11.3. The summed E-state index contributed by atoms with van der Waals surface area (Å²) in [6.45, 7) is 0.749. The highest BCUT2D eigenvalue weighted by molar-refractivity contribution is 6.31. The number of rotatable bonds is 2. The first-order valence-corrected chi connectivity index (χ1v) is 5.64. The van der Waals surface area contributed by atoms with Crippen LogP contribution in [0.2, 0.25) is 5.02 Å². The second-order valence-corrected chi connectivity index (χ2v) is 4.77. The third-order valence-electron chi connectivity index (χ3n) is 3.55. The van der Waals surface area contributed by atoms with Crippen LogP contribution >= 0.6 is 11.6 Å². The van der Waals surface area contributed by atoms with Crippen LogP contribution in [0.3, 0.4) is 0 Å². The molecule has 5 heteroatoms. The summed E-state index contributed by atoms with van der Waals surface area (Å²) in [5.74, 6) is -0.511. The molecule has 1 aliphatic heterocycles. The van der Waals surface area contributed by atoms with Crippen LogP contribution in [-0.2, 0) is 4.79 Å². The van der Waals surface area contributed by atoms with Crippen molar-refractivity contribution >= 4 is 17.6 Å². The van der Waals surface area contributed by atoms with Crippen LogP contribution in [0, 0.1) is 17.8 Å². The third kappa shape index (κ3) is 1.33. The molecule has 16 heavy (non-hydrogen) atoms. The van der Waals surface area contributed by atoms with Crippen molar-refractivity contribution in [3.63, 3.8) is 0 Å². The number of nitrogens with zero attached hydrogens (tertiary/aromatic N) is 1. The number of fused-ring (bicyclic) bond motifs is 1. The monoisotopic (exact) mass is 238 g/mol. The van der Waals surface area contributed by atoms with Crippen molar-refractivity contribution in [2.45, 2.75) is 6.04 Å². The van der Waals surface area contributed by atoms with E-state index in [0.717, 1.165) is 12.2 Å². The number of hydrogen-bond donors (Lipinski definition) is 2. The Bertz CT molecular complexity index is 451. The van der Waals surface area contributed by atoms with Crippen molar-refractivity contribution in [1.82, 2.24) is 10.3 Å². The Morgan fingerprint density at radius 1 is 1.62 bits per heavy atom. The van der Waals surface area contributed by atoms with Crippen molar-refractivity contribution in [1.29, 1.82) is 0 Å². The van der Waals surface area contributed by atoms with Crippen molar-refractivity contribution in [3.8, 4) is 0 Å². The van der Waals surface area contributed by atoms with E-state index < -0.39 is 5.97 Å². The molecule has 0 bridgehead atoms. The minimum atomic E-state index is -0.700. The first kappa shape index (κ1) is 10.1. The summed E-state index contributed by atoms with van der Waals surface area (Å²) in [6.07, 6.45) is 1.69. The molecule has 0 spiro atoms. The molecule has 4 nitrogen and oxygen atoms in total. The van der Waals surface area contributed by atoms with E-state index >= 15 is 0 Å². The molecule has 0 aromatic carbocycles. The van der Waals surface area contributed by atoms with Gasteiger partial charge in [0.15, 0.2) is 0 Å². The summed E-state index contributed by atoms with van der Waals surface area (Å²) < 4.78 is 0. The second kappa shape index (κ2) is 3.43. The molecule has 1 aromatic rings. The smallest absolute Gasteiger partial charge is 0.307 e. The minimum Gasteiger partial charge on any atom is -0.481 e. The summed E-state index contributed by atoms with van der Waals surface area (Å²) in [5, 5.41) is 12.9. The van der Waals surface area contributed by atoms with Crippen LogP contribution in [0.4, 0.5) is 0 Å². The molecule has 0 radical (unpaired) electrons. The van der Waals surface area contributed by atoms with Gasteiger partial charge in [-0.15, -0.1) is 0 Å². The Hall–Kier alpha value is -1.13. The molecule has 1 saturated carbocycles. The molecule has 1 aromatic heterocycles. The number of halogens is 1. The number of pyridine rings is 1. The van der Waals surface area contributed by atoms with Crippen LogP contribution in [0.1, 0.15) is 11.7 Å². The Morgan fingerprint density at radius 2 is 2.44 bits per heavy atom. The molecule has 2 N–H and O–H groups in total. The molecule has 2 aliphatic rings. The highest BCUT2D eigenvalue weighted by atomic mass is 35.5. The predicted molar refractivity (Wildman–Crippen MR) is 58.1 cm³/mol. The zero-order valence-electron chi connectivity index (χ0n) is 8.43. The van der Waals surface area contributed by atoms with E-state index in [4.69, 9.17) is 16.7 Å². The van der Waals surface area contributed by atoms with E-state index in [-0.39, 0.29) is 23.8 Å². The summed E-state index contributed by atoms with van der Waals surface area (Å²) in [7, 11) is 0. The lowest BCUT2D eigenvalue weighted by Gasteiger charge is -2.15. The highest BCUT2D eigenvalue weighted by Crippen LogP contribution is 2.57. The summed E-state index contributed by atoms with van der Waals surface area (Å²) in [5.41, 5.74) is 0.778. The van der Waals surface area contributed by atoms with Gasteiger partial charge in [-0.25, -0.2) is 0 Å². The average Bonchev–Trinajstić information content (AvgIpc) is 2.83. The second-order valence-electron chi connectivity index (χ2n) is 4.36. The van der Waals surface area contributed by atoms with Crippen LogP contribution in [0.5, 0.6) is 0 Å². The molecule has 1 saturated heterocycles. The third-order valence-corrected chi connectivity index (χ3v) is 3.87. The van der Waals surface area contributed by atoms with Gasteiger partial charge in [-0.1, -0.05) is 11.6 Å². The van der Waals surface area contributed by atoms with Crippen LogP contribution in [0.25, 0.3) is 0 Å². The Balaban J connectivity index is 1.88. The number of piperidine rings is 1. The number of aromatic nitrogens is 1. The first-order valence-electron chi connectivity index (χ1n) is 5.27. The molecule has 3 rings (SSSR count).